The minimum absolute atomic E-state index is 0.0364. The van der Waals surface area contributed by atoms with Gasteiger partial charge in [0, 0.05) is 19.0 Å². The lowest BCUT2D eigenvalue weighted by Crippen LogP contribution is -2.50. The number of unbranched alkanes of at least 4 members (excludes halogenated alkanes) is 2. The van der Waals surface area contributed by atoms with E-state index in [4.69, 9.17) is 31.5 Å². The van der Waals surface area contributed by atoms with Gasteiger partial charge in [0.25, 0.3) is 0 Å². The van der Waals surface area contributed by atoms with Gasteiger partial charge in [-0.05, 0) is 18.9 Å². The van der Waals surface area contributed by atoms with Crippen LogP contribution in [0.2, 0.25) is 0 Å². The highest BCUT2D eigenvalue weighted by Crippen LogP contribution is 2.42. The SMILES string of the molecule is CCCCC(=O)OC[C@@]1(CCl)O[C@@H](n2ccc(N)nc2=O)[C@H](F)[C@@H]1OC(=O)CCCC. The van der Waals surface area contributed by atoms with Gasteiger partial charge in [-0.25, -0.2) is 9.18 Å². The van der Waals surface area contributed by atoms with Gasteiger partial charge in [0.1, 0.15) is 12.4 Å². The molecule has 0 aromatic carbocycles. The standard InChI is InChI=1S/C20H29ClFN3O6/c1-3-5-7-14(26)29-12-20(11-21)17(30-15(27)8-6-4-2)16(22)18(31-20)25-10-9-13(23)24-19(25)28/h9-10,16-18H,3-8,11-12H2,1-2H3,(H2,23,24,28)/t16-,17+,18-,20-/m1/s1. The number of nitrogens with zero attached hydrogens (tertiary/aromatic N) is 2. The molecule has 1 aromatic heterocycles. The smallest absolute Gasteiger partial charge is 0.351 e. The zero-order valence-corrected chi connectivity index (χ0v) is 18.5. The van der Waals surface area contributed by atoms with Crippen LogP contribution in [0.5, 0.6) is 0 Å². The maximum Gasteiger partial charge on any atom is 0.351 e. The van der Waals surface area contributed by atoms with Gasteiger partial charge < -0.3 is 19.9 Å². The van der Waals surface area contributed by atoms with E-state index in [1.54, 1.807) is 0 Å². The van der Waals surface area contributed by atoms with Gasteiger partial charge in [0.05, 0.1) is 5.88 Å². The van der Waals surface area contributed by atoms with E-state index in [2.05, 4.69) is 4.98 Å². The Hall–Kier alpha value is -2.20. The largest absolute Gasteiger partial charge is 0.462 e. The highest BCUT2D eigenvalue weighted by molar-refractivity contribution is 6.18. The monoisotopic (exact) mass is 461 g/mol. The molecular weight excluding hydrogens is 433 g/mol. The Balaban J connectivity index is 2.31. The van der Waals surface area contributed by atoms with Crippen molar-refractivity contribution in [3.05, 3.63) is 22.7 Å². The van der Waals surface area contributed by atoms with Crippen LogP contribution < -0.4 is 11.4 Å². The molecule has 2 N–H and O–H groups in total. The number of anilines is 1. The van der Waals surface area contributed by atoms with E-state index >= 15 is 4.39 Å². The first kappa shape index (κ1) is 25.1. The molecule has 4 atom stereocenters. The van der Waals surface area contributed by atoms with Crippen LogP contribution in [0.3, 0.4) is 0 Å². The van der Waals surface area contributed by atoms with E-state index in [0.717, 1.165) is 17.4 Å². The fourth-order valence-electron chi connectivity index (χ4n) is 3.19. The average molecular weight is 462 g/mol. The van der Waals surface area contributed by atoms with E-state index in [1.807, 2.05) is 13.8 Å². The van der Waals surface area contributed by atoms with Crippen molar-refractivity contribution in [2.24, 2.45) is 0 Å². The van der Waals surface area contributed by atoms with E-state index in [-0.39, 0.29) is 24.5 Å². The maximum atomic E-state index is 15.5. The van der Waals surface area contributed by atoms with Gasteiger partial charge >= 0.3 is 17.6 Å². The summed E-state index contributed by atoms with van der Waals surface area (Å²) < 4.78 is 32.9. The molecule has 0 aliphatic carbocycles. The summed E-state index contributed by atoms with van der Waals surface area (Å²) >= 11 is 6.12. The van der Waals surface area contributed by atoms with Crippen molar-refractivity contribution in [2.75, 3.05) is 18.2 Å². The van der Waals surface area contributed by atoms with Crippen molar-refractivity contribution in [3.63, 3.8) is 0 Å². The van der Waals surface area contributed by atoms with E-state index < -0.39 is 48.3 Å². The molecule has 0 amide bonds. The van der Waals surface area contributed by atoms with Crippen LogP contribution in [-0.4, -0.2) is 51.9 Å². The Bertz CT molecular complexity index is 822. The summed E-state index contributed by atoms with van der Waals surface area (Å²) in [6, 6.07) is 1.31. The average Bonchev–Trinajstić information content (AvgIpc) is 3.01. The number of hydrogen-bond donors (Lipinski definition) is 1. The Kier molecular flexibility index (Phi) is 9.24. The van der Waals surface area contributed by atoms with E-state index in [0.29, 0.717) is 12.8 Å². The predicted molar refractivity (Wildman–Crippen MR) is 111 cm³/mol. The topological polar surface area (TPSA) is 123 Å². The van der Waals surface area contributed by atoms with Crippen molar-refractivity contribution in [2.45, 2.75) is 76.5 Å². The summed E-state index contributed by atoms with van der Waals surface area (Å²) in [4.78, 5) is 40.1. The molecule has 1 saturated heterocycles. The van der Waals surface area contributed by atoms with Crippen molar-refractivity contribution in [1.29, 1.82) is 0 Å². The van der Waals surface area contributed by atoms with Gasteiger partial charge in [0.2, 0.25) is 0 Å². The zero-order valence-electron chi connectivity index (χ0n) is 17.7. The van der Waals surface area contributed by atoms with Gasteiger partial charge in [-0.15, -0.1) is 11.6 Å². The molecule has 1 aliphatic heterocycles. The van der Waals surface area contributed by atoms with Crippen molar-refractivity contribution in [1.82, 2.24) is 9.55 Å². The number of alkyl halides is 2. The molecule has 0 saturated carbocycles. The van der Waals surface area contributed by atoms with Crippen LogP contribution in [0.25, 0.3) is 0 Å². The Morgan fingerprint density at radius 1 is 1.29 bits per heavy atom. The Labute approximate surface area is 185 Å². The van der Waals surface area contributed by atoms with Gasteiger partial charge in [-0.1, -0.05) is 26.7 Å². The predicted octanol–water partition coefficient (Wildman–Crippen LogP) is 2.51. The highest BCUT2D eigenvalue weighted by Gasteiger charge is 2.59. The van der Waals surface area contributed by atoms with Gasteiger partial charge in [0.15, 0.2) is 24.1 Å². The number of nitrogen functional groups attached to an aromatic ring is 1. The number of halogens is 2. The molecule has 2 heterocycles. The molecule has 0 spiro atoms. The van der Waals surface area contributed by atoms with Crippen LogP contribution in [-0.2, 0) is 23.8 Å². The maximum absolute atomic E-state index is 15.5. The second-order valence-corrected chi connectivity index (χ2v) is 7.74. The molecule has 9 nitrogen and oxygen atoms in total. The van der Waals surface area contributed by atoms with Crippen LogP contribution in [0.4, 0.5) is 10.2 Å². The number of nitrogens with two attached hydrogens (primary N) is 1. The second-order valence-electron chi connectivity index (χ2n) is 7.47. The third-order valence-corrected chi connectivity index (χ3v) is 5.44. The molecular formula is C20H29ClFN3O6. The minimum Gasteiger partial charge on any atom is -0.462 e. The first-order valence-electron chi connectivity index (χ1n) is 10.4. The lowest BCUT2D eigenvalue weighted by molar-refractivity contribution is -0.174. The fourth-order valence-corrected chi connectivity index (χ4v) is 3.49. The third-order valence-electron chi connectivity index (χ3n) is 4.99. The normalized spacial score (nSPS) is 25.4. The van der Waals surface area contributed by atoms with Crippen molar-refractivity contribution in [3.8, 4) is 0 Å². The first-order chi connectivity index (χ1) is 14.8. The van der Waals surface area contributed by atoms with Crippen LogP contribution in [0.15, 0.2) is 17.1 Å². The number of esters is 2. The van der Waals surface area contributed by atoms with Crippen molar-refractivity contribution < 1.29 is 28.2 Å². The van der Waals surface area contributed by atoms with Crippen LogP contribution >= 0.6 is 11.6 Å². The van der Waals surface area contributed by atoms with Crippen LogP contribution in [0.1, 0.15) is 58.6 Å². The van der Waals surface area contributed by atoms with Crippen molar-refractivity contribution >= 4 is 29.4 Å². The molecule has 11 heteroatoms. The summed E-state index contributed by atoms with van der Waals surface area (Å²) in [5.41, 5.74) is 2.98. The zero-order chi connectivity index (χ0) is 23.0. The lowest BCUT2D eigenvalue weighted by Gasteiger charge is -2.31. The van der Waals surface area contributed by atoms with Gasteiger partial charge in [-0.3, -0.25) is 14.2 Å². The molecule has 1 fully saturated rings. The lowest BCUT2D eigenvalue weighted by atomic mass is 9.98. The second kappa shape index (κ2) is 11.4. The summed E-state index contributed by atoms with van der Waals surface area (Å²) in [5.74, 6) is -1.51. The summed E-state index contributed by atoms with van der Waals surface area (Å²) in [7, 11) is 0. The quantitative estimate of drug-likeness (QED) is 0.394. The third kappa shape index (κ3) is 6.16. The number of rotatable bonds is 11. The van der Waals surface area contributed by atoms with E-state index in [9.17, 15) is 14.4 Å². The molecule has 0 radical (unpaired) electrons. The number of ether oxygens (including phenoxy) is 3. The van der Waals surface area contributed by atoms with Gasteiger partial charge in [-0.2, -0.15) is 4.98 Å². The number of carbonyl (C=O) groups excluding carboxylic acids is 2. The summed E-state index contributed by atoms with van der Waals surface area (Å²) in [6.07, 6.45) is -0.691. The number of hydrogen-bond acceptors (Lipinski definition) is 8. The fraction of sp³-hybridized carbons (Fsp3) is 0.700. The van der Waals surface area contributed by atoms with E-state index in [1.165, 1.54) is 12.3 Å². The molecule has 174 valence electrons. The minimum atomic E-state index is -1.96. The molecule has 0 bridgehead atoms. The Morgan fingerprint density at radius 3 is 2.52 bits per heavy atom. The number of carbonyl (C=O) groups is 2. The number of aromatic nitrogens is 2. The van der Waals surface area contributed by atoms with Crippen LogP contribution in [0, 0.1) is 0 Å². The summed E-state index contributed by atoms with van der Waals surface area (Å²) in [5, 5.41) is 0. The first-order valence-corrected chi connectivity index (χ1v) is 10.9. The molecule has 31 heavy (non-hydrogen) atoms. The molecule has 1 aliphatic rings. The molecule has 0 unspecified atom stereocenters. The Morgan fingerprint density at radius 2 is 1.94 bits per heavy atom. The summed E-state index contributed by atoms with van der Waals surface area (Å²) in [6.45, 7) is 3.40. The highest BCUT2D eigenvalue weighted by atomic mass is 35.5. The molecule has 1 aromatic rings. The molecule has 2 rings (SSSR count).